The molecule has 0 aliphatic heterocycles. The first kappa shape index (κ1) is 21.1. The SMILES string of the molecule is CCCCNC(=O)N(Cc1ccc(-c2ccccc2C(=O)O)cc1)c1ccccc1. The molecule has 0 fully saturated rings. The molecule has 0 aromatic heterocycles. The molecule has 0 bridgehead atoms. The Hall–Kier alpha value is -3.60. The Kier molecular flexibility index (Phi) is 7.22. The Balaban J connectivity index is 1.82. The van der Waals surface area contributed by atoms with Gasteiger partial charge in [-0.25, -0.2) is 9.59 Å². The highest BCUT2D eigenvalue weighted by molar-refractivity contribution is 5.96. The largest absolute Gasteiger partial charge is 0.478 e. The minimum atomic E-state index is -0.950. The van der Waals surface area contributed by atoms with Crippen LogP contribution in [0.1, 0.15) is 35.7 Å². The number of urea groups is 1. The number of carboxylic acid groups (broad SMARTS) is 1. The Morgan fingerprint density at radius 1 is 0.900 bits per heavy atom. The molecule has 5 heteroatoms. The second-order valence-electron chi connectivity index (χ2n) is 7.05. The number of rotatable bonds is 8. The monoisotopic (exact) mass is 402 g/mol. The number of carboxylic acids is 1. The molecule has 154 valence electrons. The minimum absolute atomic E-state index is 0.130. The van der Waals surface area contributed by atoms with E-state index < -0.39 is 5.97 Å². The number of carbonyl (C=O) groups excluding carboxylic acids is 1. The summed E-state index contributed by atoms with van der Waals surface area (Å²) in [5, 5.41) is 12.4. The van der Waals surface area contributed by atoms with Crippen molar-refractivity contribution in [1.82, 2.24) is 5.32 Å². The third kappa shape index (κ3) is 5.26. The molecule has 0 saturated heterocycles. The molecule has 5 nitrogen and oxygen atoms in total. The number of carbonyl (C=O) groups is 2. The lowest BCUT2D eigenvalue weighted by atomic mass is 9.98. The highest BCUT2D eigenvalue weighted by Gasteiger charge is 2.16. The second-order valence-corrected chi connectivity index (χ2v) is 7.05. The van der Waals surface area contributed by atoms with E-state index >= 15 is 0 Å². The lowest BCUT2D eigenvalue weighted by Crippen LogP contribution is -2.40. The molecule has 0 aliphatic carbocycles. The summed E-state index contributed by atoms with van der Waals surface area (Å²) in [6.45, 7) is 3.15. The van der Waals surface area contributed by atoms with Gasteiger partial charge in [0.1, 0.15) is 0 Å². The summed E-state index contributed by atoms with van der Waals surface area (Å²) in [5.41, 5.74) is 3.56. The summed E-state index contributed by atoms with van der Waals surface area (Å²) >= 11 is 0. The summed E-state index contributed by atoms with van der Waals surface area (Å²) in [6.07, 6.45) is 1.96. The van der Waals surface area contributed by atoms with E-state index in [1.165, 1.54) is 0 Å². The van der Waals surface area contributed by atoms with Crippen molar-refractivity contribution < 1.29 is 14.7 Å². The van der Waals surface area contributed by atoms with Gasteiger partial charge in [-0.15, -0.1) is 0 Å². The van der Waals surface area contributed by atoms with Gasteiger partial charge in [-0.2, -0.15) is 0 Å². The van der Waals surface area contributed by atoms with E-state index in [1.807, 2.05) is 60.7 Å². The van der Waals surface area contributed by atoms with Crippen molar-refractivity contribution in [2.24, 2.45) is 0 Å². The van der Waals surface area contributed by atoms with Crippen LogP contribution in [0.25, 0.3) is 11.1 Å². The predicted octanol–water partition coefficient (Wildman–Crippen LogP) is 5.57. The van der Waals surface area contributed by atoms with Crippen LogP contribution in [0.4, 0.5) is 10.5 Å². The minimum Gasteiger partial charge on any atom is -0.478 e. The van der Waals surface area contributed by atoms with Crippen molar-refractivity contribution in [1.29, 1.82) is 0 Å². The topological polar surface area (TPSA) is 69.6 Å². The molecule has 0 aliphatic rings. The van der Waals surface area contributed by atoms with Gasteiger partial charge < -0.3 is 10.4 Å². The average molecular weight is 402 g/mol. The zero-order valence-electron chi connectivity index (χ0n) is 17.0. The van der Waals surface area contributed by atoms with E-state index in [0.717, 1.165) is 29.7 Å². The molecule has 0 saturated carbocycles. The molecule has 2 amide bonds. The summed E-state index contributed by atoms with van der Waals surface area (Å²) < 4.78 is 0. The normalized spacial score (nSPS) is 10.4. The lowest BCUT2D eigenvalue weighted by Gasteiger charge is -2.23. The van der Waals surface area contributed by atoms with Crippen LogP contribution in [-0.2, 0) is 6.54 Å². The van der Waals surface area contributed by atoms with Gasteiger partial charge in [0.25, 0.3) is 0 Å². The Bertz CT molecular complexity index is 985. The summed E-state index contributed by atoms with van der Waals surface area (Å²) in [4.78, 5) is 26.0. The van der Waals surface area contributed by atoms with Gasteiger partial charge in [-0.3, -0.25) is 4.90 Å². The molecule has 3 aromatic carbocycles. The molecular weight excluding hydrogens is 376 g/mol. The van der Waals surface area contributed by atoms with E-state index in [1.54, 1.807) is 23.1 Å². The van der Waals surface area contributed by atoms with Gasteiger partial charge >= 0.3 is 12.0 Å². The second kappa shape index (κ2) is 10.3. The van der Waals surface area contributed by atoms with Crippen molar-refractivity contribution in [3.63, 3.8) is 0 Å². The van der Waals surface area contributed by atoms with Crippen molar-refractivity contribution in [2.45, 2.75) is 26.3 Å². The summed E-state index contributed by atoms with van der Waals surface area (Å²) in [6, 6.07) is 24.1. The number of amides is 2. The maximum Gasteiger partial charge on any atom is 0.336 e. The number of nitrogens with zero attached hydrogens (tertiary/aromatic N) is 1. The lowest BCUT2D eigenvalue weighted by molar-refractivity contribution is 0.0697. The van der Waals surface area contributed by atoms with E-state index in [-0.39, 0.29) is 11.6 Å². The zero-order valence-corrected chi connectivity index (χ0v) is 17.0. The smallest absolute Gasteiger partial charge is 0.336 e. The van der Waals surface area contributed by atoms with Crippen LogP contribution < -0.4 is 10.2 Å². The average Bonchev–Trinajstić information content (AvgIpc) is 2.78. The molecule has 0 atom stereocenters. The summed E-state index contributed by atoms with van der Waals surface area (Å²) in [7, 11) is 0. The van der Waals surface area contributed by atoms with Crippen molar-refractivity contribution in [3.05, 3.63) is 90.0 Å². The summed E-state index contributed by atoms with van der Waals surface area (Å²) in [5.74, 6) is -0.950. The fourth-order valence-corrected chi connectivity index (χ4v) is 3.25. The maximum atomic E-state index is 12.8. The first-order chi connectivity index (χ1) is 14.6. The molecule has 0 spiro atoms. The Labute approximate surface area is 177 Å². The van der Waals surface area contributed by atoms with Crippen LogP contribution in [-0.4, -0.2) is 23.7 Å². The third-order valence-electron chi connectivity index (χ3n) is 4.88. The van der Waals surface area contributed by atoms with E-state index in [9.17, 15) is 14.7 Å². The fourth-order valence-electron chi connectivity index (χ4n) is 3.25. The molecule has 30 heavy (non-hydrogen) atoms. The van der Waals surface area contributed by atoms with Crippen LogP contribution in [0.5, 0.6) is 0 Å². The number of anilines is 1. The van der Waals surface area contributed by atoms with E-state index in [4.69, 9.17) is 0 Å². The quantitative estimate of drug-likeness (QED) is 0.484. The third-order valence-corrected chi connectivity index (χ3v) is 4.88. The Morgan fingerprint density at radius 3 is 2.23 bits per heavy atom. The number of hydrogen-bond donors (Lipinski definition) is 2. The zero-order chi connectivity index (χ0) is 21.3. The van der Waals surface area contributed by atoms with Gasteiger partial charge in [-0.05, 0) is 41.3 Å². The van der Waals surface area contributed by atoms with Gasteiger partial charge in [-0.1, -0.05) is 74.0 Å². The maximum absolute atomic E-state index is 12.8. The molecule has 2 N–H and O–H groups in total. The standard InChI is InChI=1S/C25H26N2O3/c1-2-3-17-26-25(30)27(21-9-5-4-6-10-21)18-19-13-15-20(16-14-19)22-11-7-8-12-23(22)24(28)29/h4-16H,2-3,17-18H2,1H3,(H,26,30)(H,28,29). The number of nitrogens with one attached hydrogen (secondary N) is 1. The highest BCUT2D eigenvalue weighted by atomic mass is 16.4. The molecule has 3 rings (SSSR count). The van der Waals surface area contributed by atoms with Crippen LogP contribution in [0.15, 0.2) is 78.9 Å². The number of unbranched alkanes of at least 4 members (excludes halogenated alkanes) is 1. The number of benzene rings is 3. The van der Waals surface area contributed by atoms with Crippen LogP contribution >= 0.6 is 0 Å². The van der Waals surface area contributed by atoms with Crippen molar-refractivity contribution >= 4 is 17.7 Å². The van der Waals surface area contributed by atoms with Gasteiger partial charge in [0.15, 0.2) is 0 Å². The Morgan fingerprint density at radius 2 is 1.57 bits per heavy atom. The number of hydrogen-bond acceptors (Lipinski definition) is 2. The number of para-hydroxylation sites is 1. The van der Waals surface area contributed by atoms with Gasteiger partial charge in [0.2, 0.25) is 0 Å². The van der Waals surface area contributed by atoms with Crippen molar-refractivity contribution in [2.75, 3.05) is 11.4 Å². The van der Waals surface area contributed by atoms with E-state index in [2.05, 4.69) is 12.2 Å². The van der Waals surface area contributed by atoms with Gasteiger partial charge in [0, 0.05) is 12.2 Å². The number of aromatic carboxylic acids is 1. The first-order valence-electron chi connectivity index (χ1n) is 10.1. The molecule has 3 aromatic rings. The van der Waals surface area contributed by atoms with Crippen molar-refractivity contribution in [3.8, 4) is 11.1 Å². The molecule has 0 radical (unpaired) electrons. The van der Waals surface area contributed by atoms with E-state index in [0.29, 0.717) is 18.7 Å². The molecular formula is C25H26N2O3. The molecule has 0 unspecified atom stereocenters. The van der Waals surface area contributed by atoms with Gasteiger partial charge in [0.05, 0.1) is 12.1 Å². The predicted molar refractivity (Wildman–Crippen MR) is 120 cm³/mol. The van der Waals surface area contributed by atoms with Crippen LogP contribution in [0, 0.1) is 0 Å². The van der Waals surface area contributed by atoms with Crippen LogP contribution in [0.2, 0.25) is 0 Å². The van der Waals surface area contributed by atoms with Crippen LogP contribution in [0.3, 0.4) is 0 Å². The fraction of sp³-hybridized carbons (Fsp3) is 0.200. The molecule has 0 heterocycles. The highest BCUT2D eigenvalue weighted by Crippen LogP contribution is 2.25. The first-order valence-corrected chi connectivity index (χ1v) is 10.1.